The average molecular weight is 357 g/mol. The van der Waals surface area contributed by atoms with Crippen LogP contribution < -0.4 is 0 Å². The molecule has 0 heterocycles. The van der Waals surface area contributed by atoms with Crippen molar-refractivity contribution in [1.29, 1.82) is 0 Å². The van der Waals surface area contributed by atoms with E-state index in [-0.39, 0.29) is 11.7 Å². The first kappa shape index (κ1) is 18.4. The summed E-state index contributed by atoms with van der Waals surface area (Å²) in [6.07, 6.45) is 0.762. The largest absolute Gasteiger partial charge is 0.327 e. The van der Waals surface area contributed by atoms with Gasteiger partial charge in [-0.05, 0) is 41.8 Å². The van der Waals surface area contributed by atoms with E-state index in [2.05, 4.69) is 24.0 Å². The number of rotatable bonds is 5. The van der Waals surface area contributed by atoms with Gasteiger partial charge in [-0.15, -0.1) is 0 Å². The topological polar surface area (TPSA) is 20.3 Å². The lowest BCUT2D eigenvalue weighted by Crippen LogP contribution is -2.31. The fourth-order valence-corrected chi connectivity index (χ4v) is 2.70. The molecule has 3 rings (SSSR count). The minimum absolute atomic E-state index is 0.237. The molecule has 3 aromatic rings. The third-order valence-electron chi connectivity index (χ3n) is 4.17. The highest BCUT2D eigenvalue weighted by Crippen LogP contribution is 2.08. The summed E-state index contributed by atoms with van der Waals surface area (Å²) in [5, 5.41) is 0. The molecule has 0 aliphatic rings. The van der Waals surface area contributed by atoms with Crippen molar-refractivity contribution in [3.8, 4) is 11.8 Å². The summed E-state index contributed by atoms with van der Waals surface area (Å²) in [5.74, 6) is 4.96. The molecule has 0 N–H and O–H groups in total. The summed E-state index contributed by atoms with van der Waals surface area (Å²) >= 11 is 0. The van der Waals surface area contributed by atoms with E-state index in [4.69, 9.17) is 0 Å². The van der Waals surface area contributed by atoms with Crippen molar-refractivity contribution in [1.82, 2.24) is 4.90 Å². The van der Waals surface area contributed by atoms with Crippen molar-refractivity contribution in [2.75, 3.05) is 6.54 Å². The van der Waals surface area contributed by atoms with Crippen LogP contribution in [0.25, 0.3) is 0 Å². The minimum atomic E-state index is -0.319. The molecule has 134 valence electrons. The maximum Gasteiger partial charge on any atom is 0.299 e. The molecule has 0 unspecified atom stereocenters. The van der Waals surface area contributed by atoms with Gasteiger partial charge in [0.1, 0.15) is 5.82 Å². The Morgan fingerprint density at radius 1 is 0.815 bits per heavy atom. The molecule has 0 aliphatic carbocycles. The van der Waals surface area contributed by atoms with Gasteiger partial charge in [0.05, 0.1) is 0 Å². The molecule has 0 saturated carbocycles. The van der Waals surface area contributed by atoms with Crippen molar-refractivity contribution in [2.24, 2.45) is 0 Å². The first-order chi connectivity index (χ1) is 13.2. The second-order valence-electron chi connectivity index (χ2n) is 6.20. The summed E-state index contributed by atoms with van der Waals surface area (Å²) in [5.41, 5.74) is 2.85. The summed E-state index contributed by atoms with van der Waals surface area (Å²) in [6, 6.07) is 25.7. The molecule has 27 heavy (non-hydrogen) atoms. The lowest BCUT2D eigenvalue weighted by Gasteiger charge is -2.20. The van der Waals surface area contributed by atoms with Crippen molar-refractivity contribution < 1.29 is 9.18 Å². The minimum Gasteiger partial charge on any atom is -0.327 e. The summed E-state index contributed by atoms with van der Waals surface area (Å²) in [4.78, 5) is 14.4. The maximum atomic E-state index is 13.0. The molecule has 1 amide bonds. The third kappa shape index (κ3) is 5.83. The number of hydrogen-bond acceptors (Lipinski definition) is 1. The third-order valence-corrected chi connectivity index (χ3v) is 4.17. The summed E-state index contributed by atoms with van der Waals surface area (Å²) in [7, 11) is 0. The lowest BCUT2D eigenvalue weighted by molar-refractivity contribution is -0.125. The fourth-order valence-electron chi connectivity index (χ4n) is 2.70. The van der Waals surface area contributed by atoms with Crippen LogP contribution in [0.15, 0.2) is 84.9 Å². The van der Waals surface area contributed by atoms with Gasteiger partial charge in [-0.3, -0.25) is 4.79 Å². The Balaban J connectivity index is 1.73. The average Bonchev–Trinajstić information content (AvgIpc) is 2.72. The van der Waals surface area contributed by atoms with Crippen LogP contribution in [0, 0.1) is 17.7 Å². The fraction of sp³-hybridized carbons (Fsp3) is 0.125. The molecule has 0 radical (unpaired) electrons. The van der Waals surface area contributed by atoms with Crippen LogP contribution in [0.2, 0.25) is 0 Å². The van der Waals surface area contributed by atoms with Gasteiger partial charge in [-0.25, -0.2) is 4.39 Å². The van der Waals surface area contributed by atoms with Gasteiger partial charge >= 0.3 is 0 Å². The molecule has 0 aromatic heterocycles. The van der Waals surface area contributed by atoms with E-state index in [0.29, 0.717) is 18.7 Å². The Labute approximate surface area is 159 Å². The zero-order chi connectivity index (χ0) is 18.9. The number of nitrogens with zero attached hydrogens (tertiary/aromatic N) is 1. The monoisotopic (exact) mass is 357 g/mol. The zero-order valence-electron chi connectivity index (χ0n) is 14.9. The highest BCUT2D eigenvalue weighted by atomic mass is 19.1. The Morgan fingerprint density at radius 2 is 1.41 bits per heavy atom. The van der Waals surface area contributed by atoms with Crippen molar-refractivity contribution in [2.45, 2.75) is 13.0 Å². The van der Waals surface area contributed by atoms with E-state index in [0.717, 1.165) is 12.0 Å². The molecule has 0 aliphatic heterocycles. The molecular formula is C24H20FNO. The van der Waals surface area contributed by atoms with Crippen LogP contribution in [-0.4, -0.2) is 17.4 Å². The number of hydrogen-bond donors (Lipinski definition) is 0. The Kier molecular flexibility index (Phi) is 6.38. The van der Waals surface area contributed by atoms with Crippen LogP contribution >= 0.6 is 0 Å². The number of benzene rings is 3. The van der Waals surface area contributed by atoms with E-state index in [9.17, 15) is 9.18 Å². The van der Waals surface area contributed by atoms with Crippen LogP contribution in [0.3, 0.4) is 0 Å². The number of carbonyl (C=O) groups is 1. The normalized spacial score (nSPS) is 9.96. The van der Waals surface area contributed by atoms with E-state index in [1.54, 1.807) is 17.0 Å². The SMILES string of the molecule is O=C(C#Cc1ccc(F)cc1)N(CCc1ccccc1)Cc1ccccc1. The van der Waals surface area contributed by atoms with Gasteiger partial charge in [0.15, 0.2) is 0 Å². The smallest absolute Gasteiger partial charge is 0.299 e. The predicted molar refractivity (Wildman–Crippen MR) is 105 cm³/mol. The predicted octanol–water partition coefficient (Wildman–Crippen LogP) is 4.45. The van der Waals surface area contributed by atoms with Gasteiger partial charge in [-0.1, -0.05) is 66.6 Å². The second-order valence-corrected chi connectivity index (χ2v) is 6.20. The van der Waals surface area contributed by atoms with Crippen LogP contribution in [-0.2, 0) is 17.8 Å². The molecule has 0 saturated heterocycles. The first-order valence-corrected chi connectivity index (χ1v) is 8.85. The van der Waals surface area contributed by atoms with Crippen LogP contribution in [0.1, 0.15) is 16.7 Å². The molecule has 0 spiro atoms. The second kappa shape index (κ2) is 9.35. The molecule has 3 heteroatoms. The quantitative estimate of drug-likeness (QED) is 0.618. The highest BCUT2D eigenvalue weighted by molar-refractivity contribution is 5.94. The van der Waals surface area contributed by atoms with Gasteiger partial charge in [0.2, 0.25) is 0 Å². The van der Waals surface area contributed by atoms with Crippen molar-refractivity contribution >= 4 is 5.91 Å². The standard InChI is InChI=1S/C24H20FNO/c25-23-14-11-21(12-15-23)13-16-24(27)26(19-22-9-5-2-6-10-22)18-17-20-7-3-1-4-8-20/h1-12,14-15H,17-19H2. The molecule has 2 nitrogen and oxygen atoms in total. The van der Waals surface area contributed by atoms with Gasteiger partial charge in [0, 0.05) is 24.6 Å². The lowest BCUT2D eigenvalue weighted by atomic mass is 10.1. The molecule has 3 aromatic carbocycles. The van der Waals surface area contributed by atoms with E-state index < -0.39 is 0 Å². The van der Waals surface area contributed by atoms with Crippen molar-refractivity contribution in [3.05, 3.63) is 107 Å². The van der Waals surface area contributed by atoms with Crippen molar-refractivity contribution in [3.63, 3.8) is 0 Å². The molecule has 0 bridgehead atoms. The Bertz CT molecular complexity index is 925. The van der Waals surface area contributed by atoms with Gasteiger partial charge in [-0.2, -0.15) is 0 Å². The van der Waals surface area contributed by atoms with E-state index in [1.165, 1.54) is 17.7 Å². The maximum absolute atomic E-state index is 13.0. The highest BCUT2D eigenvalue weighted by Gasteiger charge is 2.12. The first-order valence-electron chi connectivity index (χ1n) is 8.85. The van der Waals surface area contributed by atoms with E-state index in [1.807, 2.05) is 48.5 Å². The van der Waals surface area contributed by atoms with Gasteiger partial charge in [0.25, 0.3) is 5.91 Å². The number of halogens is 1. The Morgan fingerprint density at radius 3 is 2.04 bits per heavy atom. The number of amides is 1. The molecule has 0 fully saturated rings. The zero-order valence-corrected chi connectivity index (χ0v) is 14.9. The molecular weight excluding hydrogens is 337 g/mol. The van der Waals surface area contributed by atoms with Gasteiger partial charge < -0.3 is 4.90 Å². The van der Waals surface area contributed by atoms with E-state index >= 15 is 0 Å². The van der Waals surface area contributed by atoms with Crippen LogP contribution in [0.4, 0.5) is 4.39 Å². The molecule has 0 atom stereocenters. The number of carbonyl (C=O) groups excluding carboxylic acids is 1. The summed E-state index contributed by atoms with van der Waals surface area (Å²) < 4.78 is 13.0. The summed E-state index contributed by atoms with van der Waals surface area (Å²) in [6.45, 7) is 1.08. The van der Waals surface area contributed by atoms with Crippen LogP contribution in [0.5, 0.6) is 0 Å². The Hall–Kier alpha value is -3.38.